The summed E-state index contributed by atoms with van der Waals surface area (Å²) in [6, 6.07) is 0.228. The second-order valence-corrected chi connectivity index (χ2v) is 6.72. The van der Waals surface area contributed by atoms with Crippen molar-refractivity contribution in [1.82, 2.24) is 4.90 Å². The maximum absolute atomic E-state index is 11.4. The Morgan fingerprint density at radius 2 is 2.25 bits per heavy atom. The van der Waals surface area contributed by atoms with Crippen LogP contribution in [0.15, 0.2) is 0 Å². The maximum Gasteiger partial charge on any atom is 0.153 e. The summed E-state index contributed by atoms with van der Waals surface area (Å²) in [6.45, 7) is 4.54. The standard InChI is InChI=1S/C10H21N3O2S/c1-3-9(6-10(11)12)13-4-5-16(14,15)7-8(13)2/h8-9H,3-7H2,1-2H3,(H3,11,12). The minimum atomic E-state index is -2.86. The molecule has 5 nitrogen and oxygen atoms in total. The van der Waals surface area contributed by atoms with E-state index in [1.807, 2.05) is 13.8 Å². The predicted molar refractivity (Wildman–Crippen MR) is 65.4 cm³/mol. The molecule has 1 aliphatic heterocycles. The lowest BCUT2D eigenvalue weighted by molar-refractivity contribution is 0.156. The van der Waals surface area contributed by atoms with Crippen molar-refractivity contribution < 1.29 is 8.42 Å². The van der Waals surface area contributed by atoms with Gasteiger partial charge in [0, 0.05) is 25.0 Å². The Morgan fingerprint density at radius 3 is 2.69 bits per heavy atom. The van der Waals surface area contributed by atoms with E-state index in [-0.39, 0.29) is 29.4 Å². The molecule has 2 atom stereocenters. The third-order valence-corrected chi connectivity index (χ3v) is 4.91. The maximum atomic E-state index is 11.4. The molecule has 16 heavy (non-hydrogen) atoms. The molecule has 94 valence electrons. The number of amidine groups is 1. The Morgan fingerprint density at radius 1 is 1.62 bits per heavy atom. The van der Waals surface area contributed by atoms with Crippen LogP contribution in [-0.2, 0) is 9.84 Å². The predicted octanol–water partition coefficient (Wildman–Crippen LogP) is 0.210. The monoisotopic (exact) mass is 247 g/mol. The smallest absolute Gasteiger partial charge is 0.153 e. The number of nitrogens with zero attached hydrogens (tertiary/aromatic N) is 1. The van der Waals surface area contributed by atoms with Crippen LogP contribution in [0.25, 0.3) is 0 Å². The number of rotatable bonds is 4. The highest BCUT2D eigenvalue weighted by Crippen LogP contribution is 2.18. The summed E-state index contributed by atoms with van der Waals surface area (Å²) in [7, 11) is -2.86. The Kier molecular flexibility index (Phi) is 4.32. The fourth-order valence-electron chi connectivity index (χ4n) is 2.30. The molecule has 0 aromatic carbocycles. The fourth-order valence-corrected chi connectivity index (χ4v) is 3.89. The minimum absolute atomic E-state index is 0.0306. The van der Waals surface area contributed by atoms with E-state index in [0.29, 0.717) is 13.0 Å². The molecule has 6 heteroatoms. The summed E-state index contributed by atoms with van der Waals surface area (Å²) >= 11 is 0. The minimum Gasteiger partial charge on any atom is -0.388 e. The van der Waals surface area contributed by atoms with Gasteiger partial charge in [0.25, 0.3) is 0 Å². The molecule has 1 heterocycles. The van der Waals surface area contributed by atoms with Crippen molar-refractivity contribution in [3.05, 3.63) is 0 Å². The van der Waals surface area contributed by atoms with Crippen molar-refractivity contribution in [2.24, 2.45) is 5.73 Å². The van der Waals surface area contributed by atoms with Gasteiger partial charge in [-0.2, -0.15) is 0 Å². The van der Waals surface area contributed by atoms with Gasteiger partial charge in [-0.25, -0.2) is 8.42 Å². The van der Waals surface area contributed by atoms with Crippen LogP contribution in [-0.4, -0.2) is 49.3 Å². The molecule has 0 aromatic rings. The van der Waals surface area contributed by atoms with E-state index in [9.17, 15) is 8.42 Å². The molecule has 2 unspecified atom stereocenters. The van der Waals surface area contributed by atoms with Gasteiger partial charge in [-0.3, -0.25) is 10.3 Å². The van der Waals surface area contributed by atoms with Gasteiger partial charge >= 0.3 is 0 Å². The molecule has 0 radical (unpaired) electrons. The van der Waals surface area contributed by atoms with Crippen LogP contribution >= 0.6 is 0 Å². The molecule has 1 rings (SSSR count). The van der Waals surface area contributed by atoms with Crippen LogP contribution in [0.1, 0.15) is 26.7 Å². The highest BCUT2D eigenvalue weighted by atomic mass is 32.2. The van der Waals surface area contributed by atoms with Crippen molar-refractivity contribution in [3.63, 3.8) is 0 Å². The van der Waals surface area contributed by atoms with Crippen LogP contribution in [0.4, 0.5) is 0 Å². The number of hydrogen-bond donors (Lipinski definition) is 2. The molecule has 0 aliphatic carbocycles. The zero-order chi connectivity index (χ0) is 12.3. The van der Waals surface area contributed by atoms with Gasteiger partial charge in [0.2, 0.25) is 0 Å². The molecule has 0 saturated carbocycles. The van der Waals surface area contributed by atoms with E-state index in [1.165, 1.54) is 0 Å². The first-order valence-electron chi connectivity index (χ1n) is 5.64. The average Bonchev–Trinajstić information content (AvgIpc) is 2.13. The van der Waals surface area contributed by atoms with Crippen molar-refractivity contribution in [1.29, 1.82) is 5.41 Å². The molecule has 1 aliphatic rings. The Hall–Kier alpha value is -0.620. The van der Waals surface area contributed by atoms with Crippen LogP contribution in [0.2, 0.25) is 0 Å². The van der Waals surface area contributed by atoms with Gasteiger partial charge in [-0.1, -0.05) is 6.92 Å². The van der Waals surface area contributed by atoms with E-state index >= 15 is 0 Å². The number of hydrogen-bond acceptors (Lipinski definition) is 4. The Balaban J connectivity index is 2.69. The van der Waals surface area contributed by atoms with Gasteiger partial charge in [0.15, 0.2) is 9.84 Å². The van der Waals surface area contributed by atoms with Crippen molar-refractivity contribution in [2.75, 3.05) is 18.1 Å². The Labute approximate surface area is 97.4 Å². The Bertz CT molecular complexity index is 353. The second kappa shape index (κ2) is 5.14. The third kappa shape index (κ3) is 3.45. The lowest BCUT2D eigenvalue weighted by atomic mass is 10.1. The first-order valence-corrected chi connectivity index (χ1v) is 7.47. The number of nitrogens with one attached hydrogen (secondary N) is 1. The van der Waals surface area contributed by atoms with E-state index in [0.717, 1.165) is 6.42 Å². The SMILES string of the molecule is CCC(CC(=N)N)N1CCS(=O)(=O)CC1C. The van der Waals surface area contributed by atoms with Crippen LogP contribution < -0.4 is 5.73 Å². The van der Waals surface area contributed by atoms with Crippen molar-refractivity contribution >= 4 is 15.7 Å². The molecular formula is C10H21N3O2S. The van der Waals surface area contributed by atoms with Gasteiger partial charge in [0.05, 0.1) is 17.3 Å². The molecule has 0 aromatic heterocycles. The molecule has 1 fully saturated rings. The van der Waals surface area contributed by atoms with Crippen LogP contribution in [0.3, 0.4) is 0 Å². The second-order valence-electron chi connectivity index (χ2n) is 4.49. The van der Waals surface area contributed by atoms with E-state index in [2.05, 4.69) is 4.90 Å². The number of nitrogens with two attached hydrogens (primary N) is 1. The molecule has 0 amide bonds. The van der Waals surface area contributed by atoms with Gasteiger partial charge < -0.3 is 5.73 Å². The van der Waals surface area contributed by atoms with Crippen molar-refractivity contribution in [2.45, 2.75) is 38.8 Å². The van der Waals surface area contributed by atoms with Gasteiger partial charge in [-0.15, -0.1) is 0 Å². The first kappa shape index (κ1) is 13.4. The van der Waals surface area contributed by atoms with Gasteiger partial charge in [-0.05, 0) is 13.3 Å². The molecule has 0 bridgehead atoms. The average molecular weight is 247 g/mol. The largest absolute Gasteiger partial charge is 0.388 e. The quantitative estimate of drug-likeness (QED) is 0.549. The van der Waals surface area contributed by atoms with E-state index in [1.54, 1.807) is 0 Å². The summed E-state index contributed by atoms with van der Waals surface area (Å²) < 4.78 is 22.9. The zero-order valence-corrected chi connectivity index (χ0v) is 10.8. The molecule has 3 N–H and O–H groups in total. The zero-order valence-electron chi connectivity index (χ0n) is 9.94. The normalized spacial score (nSPS) is 27.5. The molecule has 0 spiro atoms. The summed E-state index contributed by atoms with van der Waals surface area (Å²) in [4.78, 5) is 2.17. The fraction of sp³-hybridized carbons (Fsp3) is 0.900. The topological polar surface area (TPSA) is 87.2 Å². The van der Waals surface area contributed by atoms with E-state index < -0.39 is 9.84 Å². The van der Waals surface area contributed by atoms with Crippen molar-refractivity contribution in [3.8, 4) is 0 Å². The van der Waals surface area contributed by atoms with Crippen LogP contribution in [0, 0.1) is 5.41 Å². The third-order valence-electron chi connectivity index (χ3n) is 3.12. The first-order chi connectivity index (χ1) is 7.35. The molecule has 1 saturated heterocycles. The lowest BCUT2D eigenvalue weighted by Crippen LogP contribution is -2.52. The van der Waals surface area contributed by atoms with Gasteiger partial charge in [0.1, 0.15) is 0 Å². The summed E-state index contributed by atoms with van der Waals surface area (Å²) in [5.41, 5.74) is 5.41. The summed E-state index contributed by atoms with van der Waals surface area (Å²) in [5, 5.41) is 7.32. The molecular weight excluding hydrogens is 226 g/mol. The number of sulfone groups is 1. The summed E-state index contributed by atoms with van der Waals surface area (Å²) in [6.07, 6.45) is 1.42. The highest BCUT2D eigenvalue weighted by Gasteiger charge is 2.31. The lowest BCUT2D eigenvalue weighted by Gasteiger charge is -2.38. The highest BCUT2D eigenvalue weighted by molar-refractivity contribution is 7.91. The van der Waals surface area contributed by atoms with Crippen LogP contribution in [0.5, 0.6) is 0 Å². The van der Waals surface area contributed by atoms with E-state index in [4.69, 9.17) is 11.1 Å². The summed E-state index contributed by atoms with van der Waals surface area (Å²) in [5.74, 6) is 0.625.